The van der Waals surface area contributed by atoms with E-state index >= 15 is 0 Å². The highest BCUT2D eigenvalue weighted by Crippen LogP contribution is 2.29. The van der Waals surface area contributed by atoms with E-state index in [0.29, 0.717) is 51.3 Å². The number of ether oxygens (including phenoxy) is 3. The number of aromatic amines is 1. The number of carbonyl (C=O) groups is 5. The van der Waals surface area contributed by atoms with Crippen LogP contribution in [0, 0.1) is 5.92 Å². The Morgan fingerprint density at radius 2 is 1.54 bits per heavy atom. The van der Waals surface area contributed by atoms with Crippen LogP contribution in [-0.2, 0) is 30.2 Å². The molecule has 0 aliphatic carbocycles. The van der Waals surface area contributed by atoms with E-state index in [4.69, 9.17) is 9.47 Å². The minimum atomic E-state index is -0.699. The molecule has 5 amide bonds. The van der Waals surface area contributed by atoms with Crippen LogP contribution < -0.4 is 21.3 Å². The van der Waals surface area contributed by atoms with E-state index in [0.717, 1.165) is 71.1 Å². The van der Waals surface area contributed by atoms with Gasteiger partial charge in [-0.15, -0.1) is 0 Å². The summed E-state index contributed by atoms with van der Waals surface area (Å²) in [6.45, 7) is 2.36. The molecule has 0 saturated carbocycles. The molecule has 0 spiro atoms. The summed E-state index contributed by atoms with van der Waals surface area (Å²) in [6.07, 6.45) is 5.84. The number of likely N-dealkylation sites (tertiary alicyclic amines) is 1. The highest BCUT2D eigenvalue weighted by molar-refractivity contribution is 5.95. The van der Waals surface area contributed by atoms with Gasteiger partial charge in [0.2, 0.25) is 11.8 Å². The first-order valence-corrected chi connectivity index (χ1v) is 19.5. The van der Waals surface area contributed by atoms with Gasteiger partial charge in [0, 0.05) is 56.4 Å². The minimum Gasteiger partial charge on any atom is -0.453 e. The molecule has 5 N–H and O–H groups in total. The number of unbranched alkanes of at least 4 members (excludes halogenated alkanes) is 1. The lowest BCUT2D eigenvalue weighted by Crippen LogP contribution is -2.55. The topological polar surface area (TPSA) is 193 Å². The minimum absolute atomic E-state index is 0.0422. The van der Waals surface area contributed by atoms with Crippen LogP contribution in [0.15, 0.2) is 66.9 Å². The fraction of sp³-hybridized carbons (Fsp3) is 0.429. The Bertz CT molecular complexity index is 2030. The Kier molecular flexibility index (Phi) is 14.1. The zero-order valence-corrected chi connectivity index (χ0v) is 32.4. The summed E-state index contributed by atoms with van der Waals surface area (Å²) in [5.41, 5.74) is 4.49. The predicted molar refractivity (Wildman–Crippen MR) is 213 cm³/mol. The molecule has 2 aliphatic heterocycles. The highest BCUT2D eigenvalue weighted by atomic mass is 16.5. The lowest BCUT2D eigenvalue weighted by atomic mass is 9.90. The zero-order chi connectivity index (χ0) is 40.1. The maximum Gasteiger partial charge on any atom is 0.407 e. The van der Waals surface area contributed by atoms with Crippen molar-refractivity contribution < 1.29 is 38.2 Å². The number of aryl methyl sites for hydroxylation is 1. The van der Waals surface area contributed by atoms with Crippen molar-refractivity contribution in [3.8, 4) is 22.4 Å². The first-order valence-electron chi connectivity index (χ1n) is 19.5. The summed E-state index contributed by atoms with van der Waals surface area (Å²) in [5, 5.41) is 13.1. The van der Waals surface area contributed by atoms with Crippen molar-refractivity contribution in [1.29, 1.82) is 0 Å². The van der Waals surface area contributed by atoms with Crippen LogP contribution >= 0.6 is 0 Å². The number of H-pyrrole nitrogens is 1. The third-order valence-corrected chi connectivity index (χ3v) is 10.6. The maximum atomic E-state index is 13.7. The van der Waals surface area contributed by atoms with E-state index in [2.05, 4.69) is 72.4 Å². The average molecular weight is 782 g/mol. The molecule has 6 rings (SSSR count). The molecule has 2 aliphatic rings. The summed E-state index contributed by atoms with van der Waals surface area (Å²) >= 11 is 0. The summed E-state index contributed by atoms with van der Waals surface area (Å²) in [7, 11) is 2.53. The van der Waals surface area contributed by atoms with Crippen LogP contribution in [0.5, 0.6) is 0 Å². The van der Waals surface area contributed by atoms with Crippen LogP contribution in [-0.4, -0.2) is 110 Å². The molecule has 4 aromatic rings. The van der Waals surface area contributed by atoms with Crippen molar-refractivity contribution in [2.75, 3.05) is 53.6 Å². The molecule has 2 fully saturated rings. The Hall–Kier alpha value is -5.96. The molecule has 2 saturated heterocycles. The second-order valence-electron chi connectivity index (χ2n) is 14.4. The fourth-order valence-corrected chi connectivity index (χ4v) is 7.42. The van der Waals surface area contributed by atoms with Gasteiger partial charge in [-0.05, 0) is 90.6 Å². The number of hydrogen-bond donors (Lipinski definition) is 5. The van der Waals surface area contributed by atoms with Crippen molar-refractivity contribution >= 4 is 40.7 Å². The predicted octanol–water partition coefficient (Wildman–Crippen LogP) is 4.56. The lowest BCUT2D eigenvalue weighted by Gasteiger charge is -2.34. The molecule has 302 valence electrons. The number of rotatable bonds is 15. The van der Waals surface area contributed by atoms with Gasteiger partial charge in [-0.25, -0.2) is 14.6 Å². The molecule has 0 bridgehead atoms. The van der Waals surface area contributed by atoms with E-state index in [1.807, 2.05) is 30.5 Å². The SMILES string of the molecule is COC(=O)NCC(=O)NCCCCc1ncc(-c2ccc3cc(-c4ccc(C(=O)NCC5CCCN5C(=O)C(NC(=O)OC)C5CCOCC5)cc4)ccc3c2)[nH]1. The molecular weight excluding hydrogens is 731 g/mol. The number of imidazole rings is 1. The number of aromatic nitrogens is 2. The van der Waals surface area contributed by atoms with Crippen molar-refractivity contribution in [3.05, 3.63) is 78.2 Å². The highest BCUT2D eigenvalue weighted by Gasteiger charge is 2.38. The largest absolute Gasteiger partial charge is 0.453 e. The number of benzene rings is 3. The van der Waals surface area contributed by atoms with Gasteiger partial charge in [-0.3, -0.25) is 14.4 Å². The number of carbonyl (C=O) groups excluding carboxylic acids is 5. The summed E-state index contributed by atoms with van der Waals surface area (Å²) < 4.78 is 14.7. The molecule has 15 nitrogen and oxygen atoms in total. The molecular formula is C42H51N7O8. The van der Waals surface area contributed by atoms with E-state index in [1.165, 1.54) is 14.2 Å². The van der Waals surface area contributed by atoms with Gasteiger partial charge in [-0.2, -0.15) is 0 Å². The Labute approximate surface area is 331 Å². The second kappa shape index (κ2) is 19.8. The normalized spacial score (nSPS) is 16.1. The average Bonchev–Trinajstić information content (AvgIpc) is 3.93. The van der Waals surface area contributed by atoms with Gasteiger partial charge in [0.15, 0.2) is 0 Å². The number of nitrogens with zero attached hydrogens (tertiary/aromatic N) is 2. The van der Waals surface area contributed by atoms with Crippen molar-refractivity contribution in [2.24, 2.45) is 5.92 Å². The molecule has 3 aromatic carbocycles. The standard InChI is InChI=1S/C42H51N7O8/c1-55-41(53)46-26-37(50)43-18-4-3-7-36-44-25-35(47-36)33-15-14-31-22-30(12-13-32(31)23-33)27-8-10-29(11-9-27)39(51)45-24-34-6-5-19-49(34)40(52)38(48-42(54)56-2)28-16-20-57-21-17-28/h8-15,22-23,25,28,34,38H,3-7,16-21,24,26H2,1-2H3,(H,43,50)(H,44,47)(H,45,51)(H,46,53)(H,48,54). The lowest BCUT2D eigenvalue weighted by molar-refractivity contribution is -0.136. The van der Waals surface area contributed by atoms with Crippen LogP contribution in [0.1, 0.15) is 54.7 Å². The van der Waals surface area contributed by atoms with E-state index < -0.39 is 18.2 Å². The van der Waals surface area contributed by atoms with Gasteiger partial charge >= 0.3 is 12.2 Å². The monoisotopic (exact) mass is 781 g/mol. The van der Waals surface area contributed by atoms with E-state index in [-0.39, 0.29) is 36.2 Å². The number of nitrogens with one attached hydrogen (secondary N) is 5. The van der Waals surface area contributed by atoms with Gasteiger partial charge in [0.1, 0.15) is 11.9 Å². The van der Waals surface area contributed by atoms with Crippen molar-refractivity contribution in [1.82, 2.24) is 36.1 Å². The molecule has 3 heterocycles. The molecule has 2 unspecified atom stereocenters. The molecule has 57 heavy (non-hydrogen) atoms. The number of fused-ring (bicyclic) bond motifs is 1. The van der Waals surface area contributed by atoms with Crippen molar-refractivity contribution in [2.45, 2.75) is 57.0 Å². The summed E-state index contributed by atoms with van der Waals surface area (Å²) in [5.74, 6) is 0.206. The van der Waals surface area contributed by atoms with Crippen LogP contribution in [0.4, 0.5) is 9.59 Å². The van der Waals surface area contributed by atoms with Crippen LogP contribution in [0.25, 0.3) is 33.2 Å². The number of hydrogen-bond acceptors (Lipinski definition) is 9. The second-order valence-corrected chi connectivity index (χ2v) is 14.4. The Morgan fingerprint density at radius 3 is 2.28 bits per heavy atom. The number of amides is 5. The quantitative estimate of drug-likeness (QED) is 0.108. The fourth-order valence-electron chi connectivity index (χ4n) is 7.42. The maximum absolute atomic E-state index is 13.7. The Morgan fingerprint density at radius 1 is 0.842 bits per heavy atom. The van der Waals surface area contributed by atoms with Crippen molar-refractivity contribution in [3.63, 3.8) is 0 Å². The molecule has 1 aromatic heterocycles. The van der Waals surface area contributed by atoms with Gasteiger partial charge in [0.25, 0.3) is 5.91 Å². The summed E-state index contributed by atoms with van der Waals surface area (Å²) in [6, 6.07) is 19.2. The number of methoxy groups -OCH3 is 2. The molecule has 15 heteroatoms. The summed E-state index contributed by atoms with van der Waals surface area (Å²) in [4.78, 5) is 71.7. The first-order chi connectivity index (χ1) is 27.7. The Balaban J connectivity index is 0.992. The zero-order valence-electron chi connectivity index (χ0n) is 32.4. The first kappa shape index (κ1) is 40.7. The van der Waals surface area contributed by atoms with Crippen LogP contribution in [0.2, 0.25) is 0 Å². The number of alkyl carbamates (subject to hydrolysis) is 2. The molecule has 0 radical (unpaired) electrons. The van der Waals surface area contributed by atoms with E-state index in [1.54, 1.807) is 4.90 Å². The van der Waals surface area contributed by atoms with Crippen LogP contribution in [0.3, 0.4) is 0 Å². The molecule has 2 atom stereocenters. The van der Waals surface area contributed by atoms with Gasteiger partial charge in [-0.1, -0.05) is 36.4 Å². The van der Waals surface area contributed by atoms with Gasteiger partial charge < -0.3 is 45.4 Å². The third-order valence-electron chi connectivity index (χ3n) is 10.6. The smallest absolute Gasteiger partial charge is 0.407 e. The van der Waals surface area contributed by atoms with Gasteiger partial charge in [0.05, 0.1) is 32.7 Å². The third kappa shape index (κ3) is 10.9. The van der Waals surface area contributed by atoms with E-state index in [9.17, 15) is 24.0 Å².